The number of carbonyl (C=O) groups excluding carboxylic acids is 1. The molecule has 24 heavy (non-hydrogen) atoms. The van der Waals surface area contributed by atoms with Gasteiger partial charge in [-0.1, -0.05) is 23.7 Å². The van der Waals surface area contributed by atoms with Crippen molar-refractivity contribution in [3.63, 3.8) is 0 Å². The van der Waals surface area contributed by atoms with E-state index in [0.717, 1.165) is 18.4 Å². The molecule has 2 heterocycles. The van der Waals surface area contributed by atoms with E-state index in [1.807, 2.05) is 24.3 Å². The quantitative estimate of drug-likeness (QED) is 0.885. The molecule has 2 aliphatic heterocycles. The minimum Gasteiger partial charge on any atom is -0.481 e. The van der Waals surface area contributed by atoms with Gasteiger partial charge in [0, 0.05) is 31.1 Å². The van der Waals surface area contributed by atoms with Crippen LogP contribution in [0.25, 0.3) is 0 Å². The van der Waals surface area contributed by atoms with E-state index in [0.29, 0.717) is 31.0 Å². The number of carboxylic acids is 1. The van der Waals surface area contributed by atoms with Gasteiger partial charge in [-0.3, -0.25) is 9.59 Å². The van der Waals surface area contributed by atoms with Gasteiger partial charge in [-0.2, -0.15) is 0 Å². The van der Waals surface area contributed by atoms with Crippen molar-refractivity contribution in [2.24, 2.45) is 11.3 Å². The van der Waals surface area contributed by atoms with E-state index < -0.39 is 11.4 Å². The number of hydrogen-bond donors (Lipinski definition) is 1. The van der Waals surface area contributed by atoms with Crippen LogP contribution >= 0.6 is 11.6 Å². The third kappa shape index (κ3) is 3.42. The Morgan fingerprint density at radius 3 is 2.75 bits per heavy atom. The molecule has 1 N–H and O–H groups in total. The standard InChI is InChI=1S/C18H22ClNO4/c19-15-6-4-13(5-7-15)2-1-3-16(21)20-10-14-8-9-24-12-18(14,11-20)17(22)23/h4-7,14H,1-3,8-12H2,(H,22,23)/t14-,18+/m0/s1. The van der Waals surface area contributed by atoms with E-state index in [-0.39, 0.29) is 25.0 Å². The van der Waals surface area contributed by atoms with Crippen LogP contribution in [0.4, 0.5) is 0 Å². The van der Waals surface area contributed by atoms with Crippen molar-refractivity contribution in [1.82, 2.24) is 4.90 Å². The minimum atomic E-state index is -0.913. The monoisotopic (exact) mass is 351 g/mol. The van der Waals surface area contributed by atoms with Crippen LogP contribution in [0, 0.1) is 11.3 Å². The molecule has 0 aromatic heterocycles. The first kappa shape index (κ1) is 17.2. The van der Waals surface area contributed by atoms with Gasteiger partial charge in [0.1, 0.15) is 5.41 Å². The summed E-state index contributed by atoms with van der Waals surface area (Å²) in [4.78, 5) is 25.9. The summed E-state index contributed by atoms with van der Waals surface area (Å²) in [6, 6.07) is 7.63. The third-order valence-corrected chi connectivity index (χ3v) is 5.47. The molecule has 0 bridgehead atoms. The Kier molecular flexibility index (Phi) is 5.11. The normalized spacial score (nSPS) is 26.2. The highest BCUT2D eigenvalue weighted by molar-refractivity contribution is 6.30. The number of aryl methyl sites for hydroxylation is 1. The number of ether oxygens (including phenoxy) is 1. The lowest BCUT2D eigenvalue weighted by molar-refractivity contribution is -0.159. The Balaban J connectivity index is 1.54. The molecule has 0 radical (unpaired) electrons. The molecule has 0 unspecified atom stereocenters. The number of amides is 1. The Morgan fingerprint density at radius 2 is 2.08 bits per heavy atom. The minimum absolute atomic E-state index is 0.00367. The Labute approximate surface area is 146 Å². The molecule has 130 valence electrons. The summed E-state index contributed by atoms with van der Waals surface area (Å²) in [6.45, 7) is 1.60. The van der Waals surface area contributed by atoms with Crippen molar-refractivity contribution in [3.05, 3.63) is 34.9 Å². The van der Waals surface area contributed by atoms with E-state index in [9.17, 15) is 14.7 Å². The maximum absolute atomic E-state index is 12.5. The van der Waals surface area contributed by atoms with Crippen molar-refractivity contribution in [2.45, 2.75) is 25.7 Å². The summed E-state index contributed by atoms with van der Waals surface area (Å²) >= 11 is 5.86. The maximum atomic E-state index is 12.5. The maximum Gasteiger partial charge on any atom is 0.314 e. The highest BCUT2D eigenvalue weighted by atomic mass is 35.5. The van der Waals surface area contributed by atoms with Gasteiger partial charge in [-0.05, 0) is 42.9 Å². The van der Waals surface area contributed by atoms with Crippen molar-refractivity contribution < 1.29 is 19.4 Å². The van der Waals surface area contributed by atoms with Crippen molar-refractivity contribution in [1.29, 1.82) is 0 Å². The van der Waals surface area contributed by atoms with E-state index in [2.05, 4.69) is 0 Å². The van der Waals surface area contributed by atoms with Crippen LogP contribution in [-0.4, -0.2) is 48.2 Å². The SMILES string of the molecule is O=C(CCCc1ccc(Cl)cc1)N1C[C@@H]2CCOC[C@]2(C(=O)O)C1. The van der Waals surface area contributed by atoms with Crippen LogP contribution in [0.2, 0.25) is 5.02 Å². The van der Waals surface area contributed by atoms with Gasteiger partial charge < -0.3 is 14.7 Å². The van der Waals surface area contributed by atoms with Gasteiger partial charge >= 0.3 is 5.97 Å². The highest BCUT2D eigenvalue weighted by Gasteiger charge is 2.54. The smallest absolute Gasteiger partial charge is 0.314 e. The zero-order valence-electron chi connectivity index (χ0n) is 13.5. The zero-order valence-corrected chi connectivity index (χ0v) is 14.3. The van der Waals surface area contributed by atoms with Crippen molar-refractivity contribution >= 4 is 23.5 Å². The molecular weight excluding hydrogens is 330 g/mol. The summed E-state index contributed by atoms with van der Waals surface area (Å²) in [5.41, 5.74) is 0.238. The van der Waals surface area contributed by atoms with E-state index in [1.54, 1.807) is 4.90 Å². The molecule has 1 amide bonds. The van der Waals surface area contributed by atoms with Gasteiger partial charge in [-0.15, -0.1) is 0 Å². The second kappa shape index (κ2) is 7.11. The van der Waals surface area contributed by atoms with Gasteiger partial charge in [0.25, 0.3) is 0 Å². The number of halogens is 1. The Hall–Kier alpha value is -1.59. The number of benzene rings is 1. The summed E-state index contributed by atoms with van der Waals surface area (Å²) < 4.78 is 5.40. The predicted molar refractivity (Wildman–Crippen MR) is 90.0 cm³/mol. The van der Waals surface area contributed by atoms with Gasteiger partial charge in [0.15, 0.2) is 0 Å². The van der Waals surface area contributed by atoms with Crippen LogP contribution < -0.4 is 0 Å². The van der Waals surface area contributed by atoms with Crippen LogP contribution in [-0.2, 0) is 20.7 Å². The number of fused-ring (bicyclic) bond motifs is 1. The Morgan fingerprint density at radius 1 is 1.33 bits per heavy atom. The fraction of sp³-hybridized carbons (Fsp3) is 0.556. The number of nitrogens with zero attached hydrogens (tertiary/aromatic N) is 1. The summed E-state index contributed by atoms with van der Waals surface area (Å²) in [5.74, 6) is -0.799. The first-order valence-corrected chi connectivity index (χ1v) is 8.72. The number of carboxylic acid groups (broad SMARTS) is 1. The van der Waals surface area contributed by atoms with Crippen molar-refractivity contribution in [3.8, 4) is 0 Å². The lowest BCUT2D eigenvalue weighted by Crippen LogP contribution is -2.46. The summed E-state index contributed by atoms with van der Waals surface area (Å²) in [5, 5.41) is 10.3. The highest BCUT2D eigenvalue weighted by Crippen LogP contribution is 2.41. The molecule has 0 aliphatic carbocycles. The molecule has 2 saturated heterocycles. The lowest BCUT2D eigenvalue weighted by atomic mass is 9.76. The predicted octanol–water partition coefficient (Wildman–Crippen LogP) is 2.61. The number of likely N-dealkylation sites (tertiary alicyclic amines) is 1. The lowest BCUT2D eigenvalue weighted by Gasteiger charge is -2.33. The number of rotatable bonds is 5. The second-order valence-electron chi connectivity index (χ2n) is 6.75. The molecule has 2 atom stereocenters. The molecule has 2 aliphatic rings. The molecule has 3 rings (SSSR count). The van der Waals surface area contributed by atoms with Crippen LogP contribution in [0.1, 0.15) is 24.8 Å². The molecule has 0 saturated carbocycles. The largest absolute Gasteiger partial charge is 0.481 e. The van der Waals surface area contributed by atoms with E-state index >= 15 is 0 Å². The number of carbonyl (C=O) groups is 2. The topological polar surface area (TPSA) is 66.8 Å². The van der Waals surface area contributed by atoms with Gasteiger partial charge in [0.2, 0.25) is 5.91 Å². The fourth-order valence-electron chi connectivity index (χ4n) is 3.73. The Bertz CT molecular complexity index is 618. The number of aliphatic carboxylic acids is 1. The fourth-order valence-corrected chi connectivity index (χ4v) is 3.86. The van der Waals surface area contributed by atoms with Crippen LogP contribution in [0.5, 0.6) is 0 Å². The summed E-state index contributed by atoms with van der Waals surface area (Å²) in [7, 11) is 0. The zero-order chi connectivity index (χ0) is 17.2. The van der Waals surface area contributed by atoms with E-state index in [1.165, 1.54) is 0 Å². The molecular formula is C18H22ClNO4. The second-order valence-corrected chi connectivity index (χ2v) is 7.19. The molecule has 1 aromatic rings. The number of hydrogen-bond acceptors (Lipinski definition) is 3. The van der Waals surface area contributed by atoms with Crippen molar-refractivity contribution in [2.75, 3.05) is 26.3 Å². The molecule has 1 aromatic carbocycles. The van der Waals surface area contributed by atoms with Crippen LogP contribution in [0.3, 0.4) is 0 Å². The molecule has 2 fully saturated rings. The average molecular weight is 352 g/mol. The summed E-state index contributed by atoms with van der Waals surface area (Å²) in [6.07, 6.45) is 2.71. The first-order chi connectivity index (χ1) is 11.5. The van der Waals surface area contributed by atoms with Crippen LogP contribution in [0.15, 0.2) is 24.3 Å². The third-order valence-electron chi connectivity index (χ3n) is 5.21. The molecule has 0 spiro atoms. The first-order valence-electron chi connectivity index (χ1n) is 8.35. The molecule has 5 nitrogen and oxygen atoms in total. The molecule has 6 heteroatoms. The average Bonchev–Trinajstić information content (AvgIpc) is 2.98. The van der Waals surface area contributed by atoms with Gasteiger partial charge in [-0.25, -0.2) is 0 Å². The van der Waals surface area contributed by atoms with E-state index in [4.69, 9.17) is 16.3 Å². The van der Waals surface area contributed by atoms with Gasteiger partial charge in [0.05, 0.1) is 6.61 Å².